The van der Waals surface area contributed by atoms with Gasteiger partial charge in [-0.15, -0.1) is 0 Å². The summed E-state index contributed by atoms with van der Waals surface area (Å²) in [6, 6.07) is 13.0. The van der Waals surface area contributed by atoms with Gasteiger partial charge < -0.3 is 8.94 Å². The molecule has 144 valence electrons. The maximum absolute atomic E-state index is 13.4. The second-order valence-electron chi connectivity index (χ2n) is 6.74. The van der Waals surface area contributed by atoms with Crippen LogP contribution in [0.1, 0.15) is 33.5 Å². The van der Waals surface area contributed by atoms with Crippen LogP contribution in [0.25, 0.3) is 11.0 Å². The first-order valence-electron chi connectivity index (χ1n) is 8.72. The number of rotatable bonds is 2. The van der Waals surface area contributed by atoms with E-state index in [4.69, 9.17) is 20.5 Å². The van der Waals surface area contributed by atoms with Crippen LogP contribution < -0.4 is 10.3 Å². The molecule has 0 aliphatic carbocycles. The van der Waals surface area contributed by atoms with Crippen molar-refractivity contribution < 1.29 is 13.7 Å². The summed E-state index contributed by atoms with van der Waals surface area (Å²) in [7, 11) is 0. The number of hydrogen-bond donors (Lipinski definition) is 0. The van der Waals surface area contributed by atoms with Crippen molar-refractivity contribution in [2.75, 3.05) is 4.90 Å². The van der Waals surface area contributed by atoms with Crippen molar-refractivity contribution in [1.82, 2.24) is 5.16 Å². The predicted molar refractivity (Wildman–Crippen MR) is 112 cm³/mol. The van der Waals surface area contributed by atoms with Gasteiger partial charge in [-0.05, 0) is 42.8 Å². The van der Waals surface area contributed by atoms with Crippen molar-refractivity contribution >= 4 is 50.2 Å². The Morgan fingerprint density at radius 3 is 2.69 bits per heavy atom. The molecule has 0 N–H and O–H groups in total. The molecule has 0 radical (unpaired) electrons. The van der Waals surface area contributed by atoms with Crippen LogP contribution in [0.3, 0.4) is 0 Å². The van der Waals surface area contributed by atoms with E-state index >= 15 is 0 Å². The molecule has 0 spiro atoms. The number of nitrogens with zero attached hydrogens (tertiary/aromatic N) is 2. The van der Waals surface area contributed by atoms with E-state index in [2.05, 4.69) is 21.1 Å². The third-order valence-electron chi connectivity index (χ3n) is 4.86. The summed E-state index contributed by atoms with van der Waals surface area (Å²) in [4.78, 5) is 28.1. The number of anilines is 1. The first-order valence-corrected chi connectivity index (χ1v) is 9.90. The molecule has 8 heteroatoms. The number of amides is 1. The van der Waals surface area contributed by atoms with Gasteiger partial charge >= 0.3 is 0 Å². The zero-order chi connectivity index (χ0) is 20.3. The first-order chi connectivity index (χ1) is 13.9. The van der Waals surface area contributed by atoms with Crippen molar-refractivity contribution in [3.05, 3.63) is 90.9 Å². The fraction of sp³-hybridized carbons (Fsp3) is 0.0952. The standard InChI is InChI=1S/C21H12BrClN2O4/c1-10-7-16(24-29-10)25-18(11-3-2-4-13(23)8-11)17-19(26)14-9-12(22)5-6-15(14)28-20(17)21(25)27/h2-9,18H,1H3. The summed E-state index contributed by atoms with van der Waals surface area (Å²) < 4.78 is 11.8. The maximum atomic E-state index is 13.4. The molecule has 1 amide bonds. The molecule has 0 bridgehead atoms. The second-order valence-corrected chi connectivity index (χ2v) is 8.10. The Bertz CT molecular complexity index is 1360. The van der Waals surface area contributed by atoms with Crippen molar-refractivity contribution in [3.8, 4) is 0 Å². The zero-order valence-electron chi connectivity index (χ0n) is 15.0. The SMILES string of the molecule is Cc1cc(N2C(=O)c3oc4ccc(Br)cc4c(=O)c3C2c2cccc(Cl)c2)no1. The highest BCUT2D eigenvalue weighted by molar-refractivity contribution is 9.10. The lowest BCUT2D eigenvalue weighted by Crippen LogP contribution is -2.29. The van der Waals surface area contributed by atoms with Gasteiger partial charge in [-0.3, -0.25) is 14.5 Å². The number of fused-ring (bicyclic) bond motifs is 2. The minimum absolute atomic E-state index is 0.00421. The fourth-order valence-electron chi connectivity index (χ4n) is 3.64. The molecular formula is C21H12BrClN2O4. The molecule has 0 fully saturated rings. The van der Waals surface area contributed by atoms with Crippen LogP contribution >= 0.6 is 27.5 Å². The topological polar surface area (TPSA) is 76.6 Å². The highest BCUT2D eigenvalue weighted by Gasteiger charge is 2.44. The lowest BCUT2D eigenvalue weighted by molar-refractivity contribution is 0.0969. The third kappa shape index (κ3) is 2.81. The molecule has 0 saturated carbocycles. The van der Waals surface area contributed by atoms with Crippen molar-refractivity contribution in [3.63, 3.8) is 0 Å². The van der Waals surface area contributed by atoms with Crippen LogP contribution in [0.5, 0.6) is 0 Å². The molecule has 3 heterocycles. The van der Waals surface area contributed by atoms with Crippen molar-refractivity contribution in [2.45, 2.75) is 13.0 Å². The molecule has 4 aromatic rings. The molecule has 0 saturated heterocycles. The van der Waals surface area contributed by atoms with Crippen LogP contribution in [-0.4, -0.2) is 11.1 Å². The average molecular weight is 472 g/mol. The zero-order valence-corrected chi connectivity index (χ0v) is 17.3. The van der Waals surface area contributed by atoms with E-state index < -0.39 is 11.9 Å². The largest absolute Gasteiger partial charge is 0.450 e. The number of halogens is 2. The molecule has 1 aliphatic rings. The smallest absolute Gasteiger partial charge is 0.296 e. The summed E-state index contributed by atoms with van der Waals surface area (Å²) in [6.07, 6.45) is 0. The Balaban J connectivity index is 1.84. The molecule has 1 aliphatic heterocycles. The van der Waals surface area contributed by atoms with Gasteiger partial charge in [0.25, 0.3) is 5.91 Å². The quantitative estimate of drug-likeness (QED) is 0.399. The Hall–Kier alpha value is -2.90. The predicted octanol–water partition coefficient (Wildman–Crippen LogP) is 5.26. The highest BCUT2D eigenvalue weighted by atomic mass is 79.9. The molecule has 5 rings (SSSR count). The minimum Gasteiger partial charge on any atom is -0.450 e. The number of aryl methyl sites for hydroxylation is 1. The highest BCUT2D eigenvalue weighted by Crippen LogP contribution is 2.41. The number of carbonyl (C=O) groups excluding carboxylic acids is 1. The van der Waals surface area contributed by atoms with E-state index in [1.54, 1.807) is 49.4 Å². The Morgan fingerprint density at radius 2 is 1.97 bits per heavy atom. The normalized spacial score (nSPS) is 15.9. The van der Waals surface area contributed by atoms with Crippen LogP contribution in [-0.2, 0) is 0 Å². The monoisotopic (exact) mass is 470 g/mol. The molecule has 2 aromatic carbocycles. The van der Waals surface area contributed by atoms with Crippen LogP contribution in [0.2, 0.25) is 5.02 Å². The van der Waals surface area contributed by atoms with E-state index in [1.807, 2.05) is 6.07 Å². The van der Waals surface area contributed by atoms with Gasteiger partial charge in [-0.25, -0.2) is 0 Å². The minimum atomic E-state index is -0.736. The van der Waals surface area contributed by atoms with Crippen molar-refractivity contribution in [2.24, 2.45) is 0 Å². The van der Waals surface area contributed by atoms with Gasteiger partial charge in [0.1, 0.15) is 11.3 Å². The van der Waals surface area contributed by atoms with E-state index in [9.17, 15) is 9.59 Å². The number of benzene rings is 2. The van der Waals surface area contributed by atoms with Crippen LogP contribution in [0, 0.1) is 6.92 Å². The van der Waals surface area contributed by atoms with E-state index in [0.29, 0.717) is 33.1 Å². The maximum Gasteiger partial charge on any atom is 0.296 e. The molecule has 1 atom stereocenters. The van der Waals surface area contributed by atoms with E-state index in [-0.39, 0.29) is 16.8 Å². The second kappa shape index (κ2) is 6.57. The Kier molecular flexibility index (Phi) is 4.11. The summed E-state index contributed by atoms with van der Waals surface area (Å²) in [6.45, 7) is 1.73. The lowest BCUT2D eigenvalue weighted by Gasteiger charge is -2.22. The van der Waals surface area contributed by atoms with E-state index in [0.717, 1.165) is 4.47 Å². The van der Waals surface area contributed by atoms with E-state index in [1.165, 1.54) is 4.90 Å². The molecular weight excluding hydrogens is 460 g/mol. The van der Waals surface area contributed by atoms with Gasteiger partial charge in [0, 0.05) is 15.6 Å². The van der Waals surface area contributed by atoms with Crippen LogP contribution in [0.4, 0.5) is 5.82 Å². The van der Waals surface area contributed by atoms with Crippen molar-refractivity contribution in [1.29, 1.82) is 0 Å². The number of hydrogen-bond acceptors (Lipinski definition) is 5. The van der Waals surface area contributed by atoms with Crippen LogP contribution in [0.15, 0.2) is 66.7 Å². The molecule has 29 heavy (non-hydrogen) atoms. The third-order valence-corrected chi connectivity index (χ3v) is 5.59. The number of carbonyl (C=O) groups is 1. The summed E-state index contributed by atoms with van der Waals surface area (Å²) in [5.74, 6) is 0.381. The molecule has 6 nitrogen and oxygen atoms in total. The molecule has 1 unspecified atom stereocenters. The first kappa shape index (κ1) is 18.1. The van der Waals surface area contributed by atoms with Gasteiger partial charge in [0.15, 0.2) is 11.2 Å². The number of aromatic nitrogens is 1. The fourth-order valence-corrected chi connectivity index (χ4v) is 4.20. The average Bonchev–Trinajstić information content (AvgIpc) is 3.24. The van der Waals surface area contributed by atoms with Gasteiger partial charge in [-0.1, -0.05) is 44.8 Å². The molecule has 2 aromatic heterocycles. The van der Waals surface area contributed by atoms with Gasteiger partial charge in [-0.2, -0.15) is 0 Å². The Labute approximate surface area is 177 Å². The lowest BCUT2D eigenvalue weighted by atomic mass is 9.98. The van der Waals surface area contributed by atoms with Gasteiger partial charge in [0.05, 0.1) is 17.0 Å². The van der Waals surface area contributed by atoms with Gasteiger partial charge in [0.2, 0.25) is 5.76 Å². The summed E-state index contributed by atoms with van der Waals surface area (Å²) in [5, 5.41) is 4.87. The summed E-state index contributed by atoms with van der Waals surface area (Å²) >= 11 is 9.58. The summed E-state index contributed by atoms with van der Waals surface area (Å²) in [5.41, 5.74) is 0.993. The Morgan fingerprint density at radius 1 is 1.14 bits per heavy atom.